The molecule has 1 aliphatic carbocycles. The lowest BCUT2D eigenvalue weighted by Crippen LogP contribution is -2.45. The van der Waals surface area contributed by atoms with Crippen LogP contribution in [0, 0.1) is 23.2 Å². The van der Waals surface area contributed by atoms with Crippen LogP contribution in [0.15, 0.2) is 0 Å². The van der Waals surface area contributed by atoms with Crippen LogP contribution in [0.5, 0.6) is 0 Å². The summed E-state index contributed by atoms with van der Waals surface area (Å²) in [7, 11) is 0. The molecule has 1 fully saturated rings. The highest BCUT2D eigenvalue weighted by Crippen LogP contribution is 2.43. The number of hydrogen-bond donors (Lipinski definition) is 1. The van der Waals surface area contributed by atoms with E-state index >= 15 is 0 Å². The van der Waals surface area contributed by atoms with Crippen LogP contribution >= 0.6 is 0 Å². The Bertz CT molecular complexity index is 343. The number of ether oxygens (including phenoxy) is 1. The molecule has 0 aromatic heterocycles. The van der Waals surface area contributed by atoms with Crippen LogP contribution in [-0.2, 0) is 9.53 Å². The third-order valence-electron chi connectivity index (χ3n) is 5.10. The van der Waals surface area contributed by atoms with E-state index in [1.165, 1.54) is 0 Å². The standard InChI is InChI=1S/C18H34O3/c1-7-21-16(19)15(13(2)3)18(20)11-8-9-14(10-12-18)17(4,5)6/h13-15,20H,7-12H2,1-6H3. The third-order valence-corrected chi connectivity index (χ3v) is 5.10. The van der Waals surface area contributed by atoms with Gasteiger partial charge in [0.05, 0.1) is 18.1 Å². The molecule has 3 nitrogen and oxygen atoms in total. The number of hydrogen-bond acceptors (Lipinski definition) is 3. The van der Waals surface area contributed by atoms with Crippen molar-refractivity contribution in [2.75, 3.05) is 6.61 Å². The fourth-order valence-corrected chi connectivity index (χ4v) is 3.87. The van der Waals surface area contributed by atoms with Gasteiger partial charge < -0.3 is 9.84 Å². The van der Waals surface area contributed by atoms with Gasteiger partial charge in [-0.2, -0.15) is 0 Å². The van der Waals surface area contributed by atoms with Gasteiger partial charge in [-0.15, -0.1) is 0 Å². The van der Waals surface area contributed by atoms with Gasteiger partial charge in [-0.05, 0) is 49.9 Å². The molecule has 0 heterocycles. The van der Waals surface area contributed by atoms with Gasteiger partial charge in [0.15, 0.2) is 0 Å². The summed E-state index contributed by atoms with van der Waals surface area (Å²) in [6.45, 7) is 13.0. The zero-order valence-corrected chi connectivity index (χ0v) is 14.7. The van der Waals surface area contributed by atoms with Crippen LogP contribution in [0.3, 0.4) is 0 Å². The lowest BCUT2D eigenvalue weighted by molar-refractivity contribution is -0.163. The molecule has 1 saturated carbocycles. The SMILES string of the molecule is CCOC(=O)C(C(C)C)C1(O)CCCC(C(C)(C)C)CC1. The number of rotatable bonds is 4. The van der Waals surface area contributed by atoms with Crippen LogP contribution in [0.2, 0.25) is 0 Å². The molecule has 0 aromatic rings. The molecule has 1 aliphatic rings. The second-order valence-electron chi connectivity index (χ2n) is 8.07. The van der Waals surface area contributed by atoms with Crippen molar-refractivity contribution in [1.29, 1.82) is 0 Å². The van der Waals surface area contributed by atoms with E-state index in [-0.39, 0.29) is 17.3 Å². The fourth-order valence-electron chi connectivity index (χ4n) is 3.87. The van der Waals surface area contributed by atoms with Crippen molar-refractivity contribution in [2.24, 2.45) is 23.2 Å². The smallest absolute Gasteiger partial charge is 0.312 e. The number of aliphatic hydroxyl groups is 1. The predicted octanol–water partition coefficient (Wildman–Crippen LogP) is 4.18. The molecule has 0 spiro atoms. The average Bonchev–Trinajstić information content (AvgIpc) is 2.50. The topological polar surface area (TPSA) is 46.5 Å². The first-order valence-electron chi connectivity index (χ1n) is 8.51. The van der Waals surface area contributed by atoms with Gasteiger partial charge in [0.1, 0.15) is 0 Å². The van der Waals surface area contributed by atoms with E-state index in [4.69, 9.17) is 4.74 Å². The normalized spacial score (nSPS) is 29.0. The Kier molecular flexibility index (Phi) is 6.27. The molecule has 3 atom stereocenters. The van der Waals surface area contributed by atoms with E-state index in [0.717, 1.165) is 19.3 Å². The average molecular weight is 298 g/mol. The van der Waals surface area contributed by atoms with Crippen molar-refractivity contribution in [3.8, 4) is 0 Å². The van der Waals surface area contributed by atoms with Gasteiger partial charge >= 0.3 is 5.97 Å². The van der Waals surface area contributed by atoms with Crippen molar-refractivity contribution in [2.45, 2.75) is 79.2 Å². The van der Waals surface area contributed by atoms with E-state index in [2.05, 4.69) is 20.8 Å². The Morgan fingerprint density at radius 3 is 2.38 bits per heavy atom. The second kappa shape index (κ2) is 7.13. The molecule has 3 unspecified atom stereocenters. The lowest BCUT2D eigenvalue weighted by Gasteiger charge is -2.37. The number of carbonyl (C=O) groups excluding carboxylic acids is 1. The molecule has 0 radical (unpaired) electrons. The minimum absolute atomic E-state index is 0.0974. The van der Waals surface area contributed by atoms with Crippen molar-refractivity contribution < 1.29 is 14.6 Å². The van der Waals surface area contributed by atoms with E-state index in [0.29, 0.717) is 25.4 Å². The molecule has 3 heteroatoms. The monoisotopic (exact) mass is 298 g/mol. The summed E-state index contributed by atoms with van der Waals surface area (Å²) in [6, 6.07) is 0. The molecule has 1 rings (SSSR count). The molecular weight excluding hydrogens is 264 g/mol. The lowest BCUT2D eigenvalue weighted by atomic mass is 9.73. The first-order valence-corrected chi connectivity index (χ1v) is 8.51. The molecule has 124 valence electrons. The fraction of sp³-hybridized carbons (Fsp3) is 0.944. The predicted molar refractivity (Wildman–Crippen MR) is 85.9 cm³/mol. The van der Waals surface area contributed by atoms with Crippen molar-refractivity contribution >= 4 is 5.97 Å². The van der Waals surface area contributed by atoms with Gasteiger partial charge in [-0.25, -0.2) is 0 Å². The Morgan fingerprint density at radius 2 is 1.90 bits per heavy atom. The molecule has 0 bridgehead atoms. The Hall–Kier alpha value is -0.570. The number of esters is 1. The highest BCUT2D eigenvalue weighted by Gasteiger charge is 2.45. The minimum atomic E-state index is -0.902. The van der Waals surface area contributed by atoms with Crippen molar-refractivity contribution in [3.63, 3.8) is 0 Å². The van der Waals surface area contributed by atoms with Crippen LogP contribution < -0.4 is 0 Å². The summed E-state index contributed by atoms with van der Waals surface area (Å²) in [6.07, 6.45) is 4.53. The summed E-state index contributed by atoms with van der Waals surface area (Å²) in [4.78, 5) is 12.3. The molecule has 21 heavy (non-hydrogen) atoms. The maximum absolute atomic E-state index is 12.3. The minimum Gasteiger partial charge on any atom is -0.466 e. The first-order chi connectivity index (χ1) is 9.62. The molecule has 0 aromatic carbocycles. The van der Waals surface area contributed by atoms with Gasteiger partial charge in [0.25, 0.3) is 0 Å². The van der Waals surface area contributed by atoms with Crippen molar-refractivity contribution in [1.82, 2.24) is 0 Å². The summed E-state index contributed by atoms with van der Waals surface area (Å²) >= 11 is 0. The molecular formula is C18H34O3. The molecule has 0 saturated heterocycles. The largest absolute Gasteiger partial charge is 0.466 e. The molecule has 0 amide bonds. The van der Waals surface area contributed by atoms with E-state index in [1.807, 2.05) is 20.8 Å². The summed E-state index contributed by atoms with van der Waals surface area (Å²) < 4.78 is 5.22. The van der Waals surface area contributed by atoms with E-state index in [1.54, 1.807) is 0 Å². The third kappa shape index (κ3) is 4.70. The molecule has 1 N–H and O–H groups in total. The van der Waals surface area contributed by atoms with Gasteiger partial charge in [-0.1, -0.05) is 41.0 Å². The maximum atomic E-state index is 12.3. The first kappa shape index (κ1) is 18.5. The number of carbonyl (C=O) groups is 1. The maximum Gasteiger partial charge on any atom is 0.312 e. The Morgan fingerprint density at radius 1 is 1.29 bits per heavy atom. The van der Waals surface area contributed by atoms with Crippen LogP contribution in [0.4, 0.5) is 0 Å². The van der Waals surface area contributed by atoms with E-state index in [9.17, 15) is 9.90 Å². The quantitative estimate of drug-likeness (QED) is 0.625. The zero-order valence-electron chi connectivity index (χ0n) is 14.7. The van der Waals surface area contributed by atoms with Crippen LogP contribution in [0.25, 0.3) is 0 Å². The Balaban J connectivity index is 2.89. The van der Waals surface area contributed by atoms with Gasteiger partial charge in [-0.3, -0.25) is 4.79 Å². The van der Waals surface area contributed by atoms with Crippen LogP contribution in [0.1, 0.15) is 73.6 Å². The summed E-state index contributed by atoms with van der Waals surface area (Å²) in [5, 5.41) is 11.2. The van der Waals surface area contributed by atoms with Gasteiger partial charge in [0.2, 0.25) is 0 Å². The van der Waals surface area contributed by atoms with E-state index < -0.39 is 11.5 Å². The summed E-state index contributed by atoms with van der Waals surface area (Å²) in [5.74, 6) is 0.0714. The zero-order chi connectivity index (χ0) is 16.3. The van der Waals surface area contributed by atoms with Crippen molar-refractivity contribution in [3.05, 3.63) is 0 Å². The van der Waals surface area contributed by atoms with Crippen LogP contribution in [-0.4, -0.2) is 23.3 Å². The highest BCUT2D eigenvalue weighted by molar-refractivity contribution is 5.74. The Labute approximate surface area is 130 Å². The summed E-state index contributed by atoms with van der Waals surface area (Å²) in [5.41, 5.74) is -0.636. The second-order valence-corrected chi connectivity index (χ2v) is 8.07. The highest BCUT2D eigenvalue weighted by atomic mass is 16.5. The molecule has 0 aliphatic heterocycles. The van der Waals surface area contributed by atoms with Gasteiger partial charge in [0, 0.05) is 0 Å².